The fraction of sp³-hybridized carbons (Fsp3) is 0.294. The van der Waals surface area contributed by atoms with Gasteiger partial charge in [0.2, 0.25) is 0 Å². The monoisotopic (exact) mass is 351 g/mol. The van der Waals surface area contributed by atoms with Crippen LogP contribution in [0.1, 0.15) is 16.4 Å². The molecular weight excluding hydrogens is 334 g/mol. The van der Waals surface area contributed by atoms with Gasteiger partial charge in [-0.05, 0) is 12.1 Å². The van der Waals surface area contributed by atoms with Gasteiger partial charge in [-0.1, -0.05) is 0 Å². The van der Waals surface area contributed by atoms with E-state index in [-0.39, 0.29) is 18.0 Å². The molecule has 2 saturated heterocycles. The van der Waals surface area contributed by atoms with Gasteiger partial charge in [-0.25, -0.2) is 9.78 Å². The van der Waals surface area contributed by atoms with Crippen molar-refractivity contribution in [1.82, 2.24) is 30.0 Å². The summed E-state index contributed by atoms with van der Waals surface area (Å²) >= 11 is 0. The summed E-state index contributed by atoms with van der Waals surface area (Å²) in [5.41, 5.74) is 2.14. The number of nitrogens with one attached hydrogen (secondary N) is 2. The van der Waals surface area contributed by atoms with Crippen molar-refractivity contribution in [1.29, 1.82) is 0 Å². The van der Waals surface area contributed by atoms with Crippen molar-refractivity contribution < 1.29 is 9.59 Å². The molecule has 9 nitrogen and oxygen atoms in total. The Balaban J connectivity index is 1.28. The largest absolute Gasteiger partial charge is 0.345 e. The molecule has 2 aliphatic rings. The minimum Gasteiger partial charge on any atom is -0.345 e. The van der Waals surface area contributed by atoms with Crippen LogP contribution in [0.25, 0.3) is 11.0 Å². The highest BCUT2D eigenvalue weighted by Crippen LogP contribution is 2.27. The molecule has 0 atom stereocenters. The lowest BCUT2D eigenvalue weighted by Crippen LogP contribution is -2.50. The summed E-state index contributed by atoms with van der Waals surface area (Å²) in [6.07, 6.45) is 6.97. The molecule has 3 aromatic heterocycles. The zero-order valence-corrected chi connectivity index (χ0v) is 13.9. The van der Waals surface area contributed by atoms with Gasteiger partial charge in [-0.15, -0.1) is 0 Å². The van der Waals surface area contributed by atoms with Crippen molar-refractivity contribution in [2.45, 2.75) is 6.04 Å². The normalized spacial score (nSPS) is 17.6. The van der Waals surface area contributed by atoms with E-state index >= 15 is 0 Å². The maximum Gasteiger partial charge on any atom is 0.322 e. The minimum absolute atomic E-state index is 0.00759. The maximum absolute atomic E-state index is 12.7. The maximum atomic E-state index is 12.7. The van der Waals surface area contributed by atoms with Gasteiger partial charge in [0, 0.05) is 50.2 Å². The van der Waals surface area contributed by atoms with Crippen molar-refractivity contribution in [2.24, 2.45) is 0 Å². The number of hydrogen-bond acceptors (Lipinski definition) is 4. The van der Waals surface area contributed by atoms with E-state index in [4.69, 9.17) is 0 Å². The number of pyridine rings is 1. The standard InChI is InChI=1S/C17H17N7O2/c25-16(14-7-20-15-13(14)2-1-3-18-15)22-8-12(9-22)24-10-11(6-21-24)23-5-4-19-17(23)26/h1-3,6-7,10,12H,4-5,8-9H2,(H,18,20)(H,19,26). The second-order valence-corrected chi connectivity index (χ2v) is 6.53. The van der Waals surface area contributed by atoms with Crippen molar-refractivity contribution in [3.05, 3.63) is 42.5 Å². The first kappa shape index (κ1) is 14.9. The second kappa shape index (κ2) is 5.58. The number of fused-ring (bicyclic) bond motifs is 1. The quantitative estimate of drug-likeness (QED) is 0.735. The lowest BCUT2D eigenvalue weighted by Gasteiger charge is -2.39. The number of hydrogen-bond donors (Lipinski definition) is 2. The zero-order chi connectivity index (χ0) is 17.7. The van der Waals surface area contributed by atoms with Crippen LogP contribution in [0.2, 0.25) is 0 Å². The van der Waals surface area contributed by atoms with Crippen LogP contribution < -0.4 is 10.2 Å². The van der Waals surface area contributed by atoms with Crippen molar-refractivity contribution >= 4 is 28.7 Å². The molecule has 0 saturated carbocycles. The first-order chi connectivity index (χ1) is 12.7. The number of carbonyl (C=O) groups is 2. The Labute approximate surface area is 148 Å². The topological polar surface area (TPSA) is 99.1 Å². The Hall–Kier alpha value is -3.36. The smallest absolute Gasteiger partial charge is 0.322 e. The fourth-order valence-electron chi connectivity index (χ4n) is 3.48. The third kappa shape index (κ3) is 2.24. The molecule has 0 aromatic carbocycles. The number of anilines is 1. The van der Waals surface area contributed by atoms with Crippen molar-refractivity contribution in [3.63, 3.8) is 0 Å². The first-order valence-corrected chi connectivity index (χ1v) is 8.51. The Morgan fingerprint density at radius 2 is 2.19 bits per heavy atom. The molecule has 0 spiro atoms. The summed E-state index contributed by atoms with van der Waals surface area (Å²) in [6, 6.07) is 3.75. The number of aromatic amines is 1. The zero-order valence-electron chi connectivity index (χ0n) is 13.9. The number of nitrogens with zero attached hydrogens (tertiary/aromatic N) is 5. The number of rotatable bonds is 3. The third-order valence-corrected chi connectivity index (χ3v) is 4.96. The van der Waals surface area contributed by atoms with Crippen LogP contribution in [0, 0.1) is 0 Å². The lowest BCUT2D eigenvalue weighted by molar-refractivity contribution is 0.0504. The Kier molecular flexibility index (Phi) is 3.21. The molecule has 0 radical (unpaired) electrons. The van der Waals surface area contributed by atoms with Gasteiger partial charge in [0.05, 0.1) is 23.5 Å². The molecule has 5 rings (SSSR count). The van der Waals surface area contributed by atoms with Gasteiger partial charge in [-0.2, -0.15) is 5.10 Å². The van der Waals surface area contributed by atoms with E-state index in [0.29, 0.717) is 37.4 Å². The van der Waals surface area contributed by atoms with Crippen LogP contribution in [-0.2, 0) is 0 Å². The van der Waals surface area contributed by atoms with Crippen LogP contribution in [0.4, 0.5) is 10.5 Å². The van der Waals surface area contributed by atoms with Crippen LogP contribution in [0.5, 0.6) is 0 Å². The summed E-state index contributed by atoms with van der Waals surface area (Å²) in [4.78, 5) is 35.2. The SMILES string of the molecule is O=C(c1c[nH]c2ncccc12)N1CC(n2cc(N3CCNC3=O)cn2)C1. The van der Waals surface area contributed by atoms with Crippen LogP contribution in [0.15, 0.2) is 36.9 Å². The van der Waals surface area contributed by atoms with E-state index in [1.54, 1.807) is 28.4 Å². The molecule has 132 valence electrons. The predicted molar refractivity (Wildman–Crippen MR) is 94.0 cm³/mol. The average molecular weight is 351 g/mol. The van der Waals surface area contributed by atoms with Gasteiger partial charge < -0.3 is 15.2 Å². The highest BCUT2D eigenvalue weighted by Gasteiger charge is 2.34. The number of carbonyl (C=O) groups excluding carboxylic acids is 2. The Bertz CT molecular complexity index is 1000. The molecule has 9 heteroatoms. The molecule has 0 unspecified atom stereocenters. The van der Waals surface area contributed by atoms with Crippen molar-refractivity contribution in [3.8, 4) is 0 Å². The van der Waals surface area contributed by atoms with E-state index in [9.17, 15) is 9.59 Å². The lowest BCUT2D eigenvalue weighted by atomic mass is 10.1. The van der Waals surface area contributed by atoms with Gasteiger partial charge in [0.15, 0.2) is 0 Å². The molecule has 5 heterocycles. The molecular formula is C17H17N7O2. The molecule has 2 fully saturated rings. The second-order valence-electron chi connectivity index (χ2n) is 6.53. The van der Waals surface area contributed by atoms with Crippen LogP contribution >= 0.6 is 0 Å². The van der Waals surface area contributed by atoms with Crippen LogP contribution in [-0.4, -0.2) is 62.8 Å². The molecule has 2 aliphatic heterocycles. The number of H-pyrrole nitrogens is 1. The molecule has 26 heavy (non-hydrogen) atoms. The van der Waals surface area contributed by atoms with Gasteiger partial charge >= 0.3 is 6.03 Å². The molecule has 2 N–H and O–H groups in total. The summed E-state index contributed by atoms with van der Waals surface area (Å²) < 4.78 is 1.83. The average Bonchev–Trinajstić information content (AvgIpc) is 3.32. The first-order valence-electron chi connectivity index (χ1n) is 8.51. The van der Waals surface area contributed by atoms with Gasteiger partial charge in [0.1, 0.15) is 5.65 Å². The number of amides is 3. The predicted octanol–water partition coefficient (Wildman–Crippen LogP) is 0.986. The molecule has 3 amide bonds. The Morgan fingerprint density at radius 3 is 3.00 bits per heavy atom. The van der Waals surface area contributed by atoms with Crippen LogP contribution in [0.3, 0.4) is 0 Å². The summed E-state index contributed by atoms with van der Waals surface area (Å²) in [5.74, 6) is -0.00759. The van der Waals surface area contributed by atoms with Gasteiger partial charge in [0.25, 0.3) is 5.91 Å². The molecule has 0 bridgehead atoms. The van der Waals surface area contributed by atoms with E-state index in [2.05, 4.69) is 20.4 Å². The summed E-state index contributed by atoms with van der Waals surface area (Å²) in [6.45, 7) is 2.49. The molecule has 3 aromatic rings. The van der Waals surface area contributed by atoms with E-state index < -0.39 is 0 Å². The Morgan fingerprint density at radius 1 is 1.31 bits per heavy atom. The number of aromatic nitrogens is 4. The number of urea groups is 1. The van der Waals surface area contributed by atoms with E-state index in [1.165, 1.54) is 0 Å². The van der Waals surface area contributed by atoms with E-state index in [1.807, 2.05) is 23.0 Å². The summed E-state index contributed by atoms with van der Waals surface area (Å²) in [7, 11) is 0. The van der Waals surface area contributed by atoms with E-state index in [0.717, 1.165) is 11.1 Å². The fourth-order valence-corrected chi connectivity index (χ4v) is 3.48. The highest BCUT2D eigenvalue weighted by atomic mass is 16.2. The molecule has 0 aliphatic carbocycles. The van der Waals surface area contributed by atoms with Gasteiger partial charge in [-0.3, -0.25) is 14.4 Å². The minimum atomic E-state index is -0.0945. The number of likely N-dealkylation sites (tertiary alicyclic amines) is 1. The summed E-state index contributed by atoms with van der Waals surface area (Å²) in [5, 5.41) is 7.98. The van der Waals surface area contributed by atoms with Crippen molar-refractivity contribution in [2.75, 3.05) is 31.1 Å². The third-order valence-electron chi connectivity index (χ3n) is 4.96. The highest BCUT2D eigenvalue weighted by molar-refractivity contribution is 6.06.